The highest BCUT2D eigenvalue weighted by Gasteiger charge is 2.32. The maximum Gasteiger partial charge on any atom is 0.446 e. The van der Waals surface area contributed by atoms with Gasteiger partial charge in [0, 0.05) is 17.0 Å². The molecule has 6 heteroatoms. The zero-order valence-corrected chi connectivity index (χ0v) is 13.8. The molecule has 1 aliphatic rings. The molecule has 0 fully saturated rings. The lowest BCUT2D eigenvalue weighted by Gasteiger charge is -2.35. The van der Waals surface area contributed by atoms with Gasteiger partial charge in [-0.3, -0.25) is 4.79 Å². The zero-order valence-electron chi connectivity index (χ0n) is 13.0. The van der Waals surface area contributed by atoms with E-state index in [1.807, 2.05) is 37.3 Å². The van der Waals surface area contributed by atoms with Crippen LogP contribution in [0, 0.1) is 0 Å². The minimum Gasteiger partial charge on any atom is -0.305 e. The normalized spacial score (nSPS) is 16.0. The Morgan fingerprint density at radius 1 is 1.08 bits per heavy atom. The van der Waals surface area contributed by atoms with Crippen molar-refractivity contribution in [2.45, 2.75) is 36.2 Å². The molecular formula is C18H16F3NOS. The maximum atomic E-state index is 12.7. The Labute approximate surface area is 142 Å². The molecule has 3 rings (SSSR count). The topological polar surface area (TPSA) is 20.3 Å². The number of alkyl halides is 3. The molecular weight excluding hydrogens is 335 g/mol. The molecule has 0 saturated carbocycles. The summed E-state index contributed by atoms with van der Waals surface area (Å²) in [6.45, 7) is 1.89. The number of fused-ring (bicyclic) bond motifs is 1. The molecule has 2 aromatic carbocycles. The number of hydrogen-bond donors (Lipinski definition) is 0. The molecule has 2 aromatic rings. The Hall–Kier alpha value is -1.95. The van der Waals surface area contributed by atoms with E-state index >= 15 is 0 Å². The second-order valence-corrected chi connectivity index (χ2v) is 6.83. The van der Waals surface area contributed by atoms with E-state index in [4.69, 9.17) is 0 Å². The number of rotatable bonds is 3. The van der Waals surface area contributed by atoms with E-state index in [1.165, 1.54) is 12.1 Å². The van der Waals surface area contributed by atoms with Gasteiger partial charge in [-0.1, -0.05) is 36.4 Å². The summed E-state index contributed by atoms with van der Waals surface area (Å²) in [4.78, 5) is 14.2. The minimum atomic E-state index is -4.34. The first-order valence-corrected chi connectivity index (χ1v) is 8.42. The largest absolute Gasteiger partial charge is 0.446 e. The number of benzene rings is 2. The number of carbonyl (C=O) groups excluding carboxylic acids is 1. The van der Waals surface area contributed by atoms with Gasteiger partial charge in [0.1, 0.15) is 0 Å². The number of carbonyl (C=O) groups is 1. The smallest absolute Gasteiger partial charge is 0.305 e. The first-order chi connectivity index (χ1) is 11.3. The van der Waals surface area contributed by atoms with Crippen LogP contribution in [0.3, 0.4) is 0 Å². The molecule has 2 nitrogen and oxygen atoms in total. The Balaban J connectivity index is 1.99. The fourth-order valence-electron chi connectivity index (χ4n) is 2.98. The first-order valence-electron chi connectivity index (χ1n) is 7.61. The van der Waals surface area contributed by atoms with E-state index in [0.717, 1.165) is 11.1 Å². The summed E-state index contributed by atoms with van der Waals surface area (Å²) in [7, 11) is 0. The van der Waals surface area contributed by atoms with Crippen LogP contribution >= 0.6 is 11.8 Å². The molecule has 0 radical (unpaired) electrons. The van der Waals surface area contributed by atoms with Crippen molar-refractivity contribution in [3.8, 4) is 0 Å². The first kappa shape index (κ1) is 16.9. The third kappa shape index (κ3) is 3.59. The SMILES string of the molecule is C[C@@H](c1ccccc1)N1C(=O)CCc2ccc(SC(F)(F)F)cc21. The molecule has 0 aromatic heterocycles. The van der Waals surface area contributed by atoms with Gasteiger partial charge in [-0.15, -0.1) is 0 Å². The number of halogens is 3. The predicted octanol–water partition coefficient (Wildman–Crippen LogP) is 5.34. The summed E-state index contributed by atoms with van der Waals surface area (Å²) in [5.74, 6) is -0.0620. The van der Waals surface area contributed by atoms with Crippen molar-refractivity contribution < 1.29 is 18.0 Å². The van der Waals surface area contributed by atoms with Crippen LogP contribution < -0.4 is 4.90 Å². The van der Waals surface area contributed by atoms with Crippen molar-refractivity contribution in [2.24, 2.45) is 0 Å². The van der Waals surface area contributed by atoms with Crippen molar-refractivity contribution in [2.75, 3.05) is 4.90 Å². The Kier molecular flexibility index (Phi) is 4.58. The van der Waals surface area contributed by atoms with Gasteiger partial charge in [0.15, 0.2) is 0 Å². The summed E-state index contributed by atoms with van der Waals surface area (Å²) in [5, 5.41) is 0. The molecule has 0 spiro atoms. The Bertz CT molecular complexity index is 746. The summed E-state index contributed by atoms with van der Waals surface area (Å²) in [5.41, 5.74) is -1.91. The van der Waals surface area contributed by atoms with Gasteiger partial charge in [-0.05, 0) is 48.4 Å². The number of amides is 1. The number of anilines is 1. The molecule has 126 valence electrons. The van der Waals surface area contributed by atoms with E-state index in [1.54, 1.807) is 11.0 Å². The predicted molar refractivity (Wildman–Crippen MR) is 89.0 cm³/mol. The molecule has 1 heterocycles. The van der Waals surface area contributed by atoms with Crippen LogP contribution in [0.5, 0.6) is 0 Å². The summed E-state index contributed by atoms with van der Waals surface area (Å²) < 4.78 is 38.0. The lowest BCUT2D eigenvalue weighted by atomic mass is 9.97. The van der Waals surface area contributed by atoms with Crippen LogP contribution in [0.1, 0.15) is 30.5 Å². The van der Waals surface area contributed by atoms with Gasteiger partial charge >= 0.3 is 5.51 Å². The molecule has 0 unspecified atom stereocenters. The van der Waals surface area contributed by atoms with Crippen molar-refractivity contribution in [1.82, 2.24) is 0 Å². The second-order valence-electron chi connectivity index (χ2n) is 5.69. The molecule has 24 heavy (non-hydrogen) atoms. The molecule has 0 N–H and O–H groups in total. The fraction of sp³-hybridized carbons (Fsp3) is 0.278. The molecule has 0 saturated heterocycles. The highest BCUT2D eigenvalue weighted by Crippen LogP contribution is 2.41. The molecule has 0 bridgehead atoms. The average molecular weight is 351 g/mol. The van der Waals surface area contributed by atoms with Crippen LogP contribution in [0.25, 0.3) is 0 Å². The van der Waals surface area contributed by atoms with E-state index in [-0.39, 0.29) is 28.6 Å². The molecule has 1 atom stereocenters. The lowest BCUT2D eigenvalue weighted by molar-refractivity contribution is -0.119. The van der Waals surface area contributed by atoms with E-state index in [2.05, 4.69) is 0 Å². The third-order valence-corrected chi connectivity index (χ3v) is 4.82. The highest BCUT2D eigenvalue weighted by atomic mass is 32.2. The van der Waals surface area contributed by atoms with Gasteiger partial charge in [0.2, 0.25) is 5.91 Å². The van der Waals surface area contributed by atoms with Gasteiger partial charge in [0.05, 0.1) is 6.04 Å². The zero-order chi connectivity index (χ0) is 17.3. The number of nitrogens with zero attached hydrogens (tertiary/aromatic N) is 1. The highest BCUT2D eigenvalue weighted by molar-refractivity contribution is 8.00. The van der Waals surface area contributed by atoms with Crippen molar-refractivity contribution in [1.29, 1.82) is 0 Å². The van der Waals surface area contributed by atoms with E-state index in [9.17, 15) is 18.0 Å². The molecule has 1 aliphatic heterocycles. The third-order valence-electron chi connectivity index (χ3n) is 4.10. The summed E-state index contributed by atoms with van der Waals surface area (Å²) in [6, 6.07) is 13.9. The van der Waals surface area contributed by atoms with Crippen LogP contribution in [-0.4, -0.2) is 11.4 Å². The number of thioether (sulfide) groups is 1. The van der Waals surface area contributed by atoms with E-state index < -0.39 is 5.51 Å². The monoisotopic (exact) mass is 351 g/mol. The van der Waals surface area contributed by atoms with Gasteiger partial charge < -0.3 is 4.90 Å². The number of hydrogen-bond acceptors (Lipinski definition) is 2. The van der Waals surface area contributed by atoms with Crippen molar-refractivity contribution in [3.63, 3.8) is 0 Å². The van der Waals surface area contributed by atoms with Gasteiger partial charge in [-0.2, -0.15) is 13.2 Å². The second kappa shape index (κ2) is 6.51. The maximum absolute atomic E-state index is 12.7. The lowest BCUT2D eigenvalue weighted by Crippen LogP contribution is -2.37. The number of aryl methyl sites for hydroxylation is 1. The van der Waals surface area contributed by atoms with Crippen molar-refractivity contribution in [3.05, 3.63) is 59.7 Å². The molecule has 1 amide bonds. The van der Waals surface area contributed by atoms with Crippen LogP contribution in [0.2, 0.25) is 0 Å². The van der Waals surface area contributed by atoms with Crippen LogP contribution in [0.4, 0.5) is 18.9 Å². The fourth-order valence-corrected chi connectivity index (χ4v) is 3.55. The quantitative estimate of drug-likeness (QED) is 0.696. The van der Waals surface area contributed by atoms with Crippen LogP contribution in [0.15, 0.2) is 53.4 Å². The van der Waals surface area contributed by atoms with Crippen LogP contribution in [-0.2, 0) is 11.2 Å². The molecule has 0 aliphatic carbocycles. The Morgan fingerprint density at radius 2 is 1.79 bits per heavy atom. The van der Waals surface area contributed by atoms with Gasteiger partial charge in [-0.25, -0.2) is 0 Å². The summed E-state index contributed by atoms with van der Waals surface area (Å²) >= 11 is -0.154. The Morgan fingerprint density at radius 3 is 2.46 bits per heavy atom. The van der Waals surface area contributed by atoms with E-state index in [0.29, 0.717) is 18.5 Å². The van der Waals surface area contributed by atoms with Crippen molar-refractivity contribution >= 4 is 23.4 Å². The van der Waals surface area contributed by atoms with Gasteiger partial charge in [0.25, 0.3) is 0 Å². The minimum absolute atomic E-state index is 0.0620. The average Bonchev–Trinajstić information content (AvgIpc) is 2.53. The standard InChI is InChI=1S/C18H16F3NOS/c1-12(13-5-3-2-4-6-13)22-16-11-15(24-18(19,20)21)9-7-14(16)8-10-17(22)23/h2-7,9,11-12H,8,10H2,1H3/t12-/m0/s1. The summed E-state index contributed by atoms with van der Waals surface area (Å²) in [6.07, 6.45) is 0.930.